The first kappa shape index (κ1) is 6.84. The predicted octanol–water partition coefficient (Wildman–Crippen LogP) is 0.906. The summed E-state index contributed by atoms with van der Waals surface area (Å²) in [5.74, 6) is 0. The van der Waals surface area contributed by atoms with E-state index in [1.54, 1.807) is 12.3 Å². The first-order valence-corrected chi connectivity index (χ1v) is 3.08. The number of aromatic amines is 1. The van der Waals surface area contributed by atoms with Crippen molar-refractivity contribution < 1.29 is 0 Å². The van der Waals surface area contributed by atoms with Gasteiger partial charge >= 0.3 is 0 Å². The van der Waals surface area contributed by atoms with Crippen LogP contribution in [0.3, 0.4) is 0 Å². The van der Waals surface area contributed by atoms with Crippen molar-refractivity contribution in [2.45, 2.75) is 13.0 Å². The molecule has 3 nitrogen and oxygen atoms in total. The van der Waals surface area contributed by atoms with Gasteiger partial charge in [-0.2, -0.15) is 5.26 Å². The van der Waals surface area contributed by atoms with Crippen LogP contribution in [0.1, 0.15) is 24.2 Å². The van der Waals surface area contributed by atoms with E-state index in [-0.39, 0.29) is 6.04 Å². The number of hydrogen-bond donors (Lipinski definition) is 2. The molecule has 0 aliphatic rings. The number of nitrogens with two attached hydrogens (primary N) is 1. The van der Waals surface area contributed by atoms with E-state index < -0.39 is 0 Å². The van der Waals surface area contributed by atoms with Gasteiger partial charge in [-0.1, -0.05) is 0 Å². The third-order valence-corrected chi connectivity index (χ3v) is 1.35. The van der Waals surface area contributed by atoms with Gasteiger partial charge in [0, 0.05) is 17.9 Å². The molecule has 1 atom stereocenters. The van der Waals surface area contributed by atoms with Crippen LogP contribution in [0.2, 0.25) is 0 Å². The number of rotatable bonds is 1. The molecule has 1 aromatic heterocycles. The number of H-pyrrole nitrogens is 1. The lowest BCUT2D eigenvalue weighted by atomic mass is 10.2. The van der Waals surface area contributed by atoms with Gasteiger partial charge in [-0.15, -0.1) is 0 Å². The van der Waals surface area contributed by atoms with Crippen molar-refractivity contribution in [1.82, 2.24) is 4.98 Å². The van der Waals surface area contributed by atoms with E-state index >= 15 is 0 Å². The van der Waals surface area contributed by atoms with Crippen LogP contribution in [0.25, 0.3) is 0 Å². The van der Waals surface area contributed by atoms with Gasteiger partial charge in [0.25, 0.3) is 0 Å². The molecule has 3 heteroatoms. The van der Waals surface area contributed by atoms with Crippen molar-refractivity contribution in [2.24, 2.45) is 5.73 Å². The van der Waals surface area contributed by atoms with Gasteiger partial charge in [-0.25, -0.2) is 0 Å². The summed E-state index contributed by atoms with van der Waals surface area (Å²) < 4.78 is 0. The van der Waals surface area contributed by atoms with Gasteiger partial charge in [0.15, 0.2) is 0 Å². The van der Waals surface area contributed by atoms with Gasteiger partial charge in [-0.05, 0) is 13.0 Å². The monoisotopic (exact) mass is 135 g/mol. The zero-order chi connectivity index (χ0) is 7.56. The average Bonchev–Trinajstić information content (AvgIpc) is 2.33. The lowest BCUT2D eigenvalue weighted by Gasteiger charge is -2.00. The molecule has 52 valence electrons. The van der Waals surface area contributed by atoms with Crippen LogP contribution in [-0.2, 0) is 0 Å². The van der Waals surface area contributed by atoms with Gasteiger partial charge in [-0.3, -0.25) is 0 Å². The summed E-state index contributed by atoms with van der Waals surface area (Å²) in [6.45, 7) is 1.84. The summed E-state index contributed by atoms with van der Waals surface area (Å²) in [5.41, 5.74) is 6.99. The van der Waals surface area contributed by atoms with Crippen molar-refractivity contribution in [3.8, 4) is 6.07 Å². The van der Waals surface area contributed by atoms with Crippen molar-refractivity contribution in [2.75, 3.05) is 0 Å². The second kappa shape index (κ2) is 2.54. The van der Waals surface area contributed by atoms with Crippen LogP contribution in [-0.4, -0.2) is 4.98 Å². The first-order chi connectivity index (χ1) is 4.75. The van der Waals surface area contributed by atoms with E-state index in [2.05, 4.69) is 4.98 Å². The molecular formula is C7H9N3. The van der Waals surface area contributed by atoms with Crippen LogP contribution in [0.15, 0.2) is 12.3 Å². The Labute approximate surface area is 59.5 Å². The maximum absolute atomic E-state index is 8.53. The smallest absolute Gasteiger partial charge is 0.101 e. The molecule has 0 spiro atoms. The van der Waals surface area contributed by atoms with Gasteiger partial charge in [0.1, 0.15) is 6.07 Å². The second-order valence-corrected chi connectivity index (χ2v) is 2.21. The Morgan fingerprint density at radius 2 is 2.50 bits per heavy atom. The van der Waals surface area contributed by atoms with Crippen LogP contribution < -0.4 is 5.73 Å². The normalized spacial score (nSPS) is 12.5. The largest absolute Gasteiger partial charge is 0.363 e. The van der Waals surface area contributed by atoms with E-state index in [4.69, 9.17) is 11.0 Å². The van der Waals surface area contributed by atoms with Crippen LogP contribution in [0.5, 0.6) is 0 Å². The van der Waals surface area contributed by atoms with Gasteiger partial charge in [0.2, 0.25) is 0 Å². The van der Waals surface area contributed by atoms with Crippen LogP contribution >= 0.6 is 0 Å². The molecule has 1 rings (SSSR count). The molecule has 1 unspecified atom stereocenters. The standard InChI is InChI=1S/C7H9N3/c1-5(9)7-6(4-8)2-3-10-7/h2-3,5,10H,9H2,1H3. The van der Waals surface area contributed by atoms with Crippen molar-refractivity contribution in [3.05, 3.63) is 23.5 Å². The summed E-state index contributed by atoms with van der Waals surface area (Å²) in [6, 6.07) is 3.67. The Morgan fingerprint density at radius 3 is 2.90 bits per heavy atom. The van der Waals surface area contributed by atoms with Gasteiger partial charge < -0.3 is 10.7 Å². The Kier molecular flexibility index (Phi) is 1.74. The molecule has 0 aliphatic heterocycles. The third kappa shape index (κ3) is 1.02. The molecule has 1 heterocycles. The average molecular weight is 135 g/mol. The zero-order valence-corrected chi connectivity index (χ0v) is 5.76. The fourth-order valence-electron chi connectivity index (χ4n) is 0.857. The topological polar surface area (TPSA) is 65.6 Å². The van der Waals surface area contributed by atoms with Crippen LogP contribution in [0.4, 0.5) is 0 Å². The van der Waals surface area contributed by atoms with E-state index in [1.807, 2.05) is 13.0 Å². The SMILES string of the molecule is CC(N)c1[nH]ccc1C#N. The summed E-state index contributed by atoms with van der Waals surface area (Å²) in [5, 5.41) is 8.53. The minimum Gasteiger partial charge on any atom is -0.363 e. The van der Waals surface area contributed by atoms with E-state index in [0.717, 1.165) is 5.69 Å². The molecule has 0 aliphatic carbocycles. The van der Waals surface area contributed by atoms with Gasteiger partial charge in [0.05, 0.1) is 5.56 Å². The van der Waals surface area contributed by atoms with Crippen molar-refractivity contribution in [1.29, 1.82) is 5.26 Å². The molecule has 0 bridgehead atoms. The van der Waals surface area contributed by atoms with E-state index in [1.165, 1.54) is 0 Å². The third-order valence-electron chi connectivity index (χ3n) is 1.35. The second-order valence-electron chi connectivity index (χ2n) is 2.21. The van der Waals surface area contributed by atoms with Crippen molar-refractivity contribution in [3.63, 3.8) is 0 Å². The maximum atomic E-state index is 8.53. The summed E-state index contributed by atoms with van der Waals surface area (Å²) in [6.07, 6.45) is 1.72. The quantitative estimate of drug-likeness (QED) is 0.601. The highest BCUT2D eigenvalue weighted by Crippen LogP contribution is 2.11. The molecule has 0 radical (unpaired) electrons. The van der Waals surface area contributed by atoms with Crippen LogP contribution in [0, 0.1) is 11.3 Å². The molecule has 0 amide bonds. The minimum atomic E-state index is -0.0929. The Balaban J connectivity index is 3.05. The lowest BCUT2D eigenvalue weighted by Crippen LogP contribution is -2.06. The lowest BCUT2D eigenvalue weighted by molar-refractivity contribution is 0.786. The number of nitrogens with one attached hydrogen (secondary N) is 1. The molecule has 1 aromatic rings. The molecule has 0 saturated carbocycles. The predicted molar refractivity (Wildman–Crippen MR) is 38.1 cm³/mol. The zero-order valence-electron chi connectivity index (χ0n) is 5.76. The van der Waals surface area contributed by atoms with E-state index in [0.29, 0.717) is 5.56 Å². The highest BCUT2D eigenvalue weighted by Gasteiger charge is 2.05. The number of hydrogen-bond acceptors (Lipinski definition) is 2. The highest BCUT2D eigenvalue weighted by molar-refractivity contribution is 5.34. The van der Waals surface area contributed by atoms with E-state index in [9.17, 15) is 0 Å². The first-order valence-electron chi connectivity index (χ1n) is 3.08. The molecule has 10 heavy (non-hydrogen) atoms. The minimum absolute atomic E-state index is 0.0929. The molecule has 0 fully saturated rings. The molecule has 0 aromatic carbocycles. The fourth-order valence-corrected chi connectivity index (χ4v) is 0.857. The summed E-state index contributed by atoms with van der Waals surface area (Å²) >= 11 is 0. The Bertz CT molecular complexity index is 254. The summed E-state index contributed by atoms with van der Waals surface area (Å²) in [4.78, 5) is 2.91. The van der Waals surface area contributed by atoms with Crippen molar-refractivity contribution >= 4 is 0 Å². The molecule has 0 saturated heterocycles. The maximum Gasteiger partial charge on any atom is 0.101 e. The Hall–Kier alpha value is -1.27. The fraction of sp³-hybridized carbons (Fsp3) is 0.286. The number of nitriles is 1. The number of nitrogens with zero attached hydrogens (tertiary/aromatic N) is 1. The Morgan fingerprint density at radius 1 is 1.80 bits per heavy atom. The molecular weight excluding hydrogens is 126 g/mol. The number of aromatic nitrogens is 1. The molecule has 3 N–H and O–H groups in total. The summed E-state index contributed by atoms with van der Waals surface area (Å²) in [7, 11) is 0. The highest BCUT2D eigenvalue weighted by atomic mass is 14.8.